The molecule has 0 aliphatic heterocycles. The molecule has 0 aliphatic rings. The lowest BCUT2D eigenvalue weighted by molar-refractivity contribution is -0.140. The van der Waals surface area contributed by atoms with Crippen molar-refractivity contribution >= 4 is 23.6 Å². The van der Waals surface area contributed by atoms with E-state index in [9.17, 15) is 14.4 Å². The zero-order valence-electron chi connectivity index (χ0n) is 21.4. The Kier molecular flexibility index (Phi) is 8.85. The van der Waals surface area contributed by atoms with Crippen molar-refractivity contribution in [2.45, 2.75) is 66.2 Å². The number of aryl methyl sites for hydroxylation is 2. The fourth-order valence-corrected chi connectivity index (χ4v) is 3.63. The Morgan fingerprint density at radius 3 is 2.00 bits per heavy atom. The number of para-hydroxylation sites is 1. The van der Waals surface area contributed by atoms with E-state index in [4.69, 9.17) is 4.74 Å². The van der Waals surface area contributed by atoms with E-state index in [1.54, 1.807) is 27.8 Å². The van der Waals surface area contributed by atoms with Crippen LogP contribution in [0, 0.1) is 19.8 Å². The van der Waals surface area contributed by atoms with Gasteiger partial charge in [-0.25, -0.2) is 4.79 Å². The van der Waals surface area contributed by atoms with Gasteiger partial charge in [-0.1, -0.05) is 56.3 Å². The molecule has 0 spiro atoms. The quantitative estimate of drug-likeness (QED) is 0.600. The molecule has 3 amide bonds. The number of carbonyl (C=O) groups is 3. The first-order valence-corrected chi connectivity index (χ1v) is 11.5. The summed E-state index contributed by atoms with van der Waals surface area (Å²) in [6.07, 6.45) is -0.676. The van der Waals surface area contributed by atoms with Crippen LogP contribution >= 0.6 is 0 Å². The Labute approximate surface area is 202 Å². The van der Waals surface area contributed by atoms with E-state index in [1.165, 1.54) is 4.90 Å². The standard InChI is InChI=1S/C27H37N3O4/c1-17(2)22(29-26(33)34-27(5,6)7)25(32)30(8)23(20-15-11-9-13-18(20)3)24(31)28-21-16-12-10-14-19(21)4/h9-17,22-23H,1-8H3,(H,28,31)(H,29,33). The maximum Gasteiger partial charge on any atom is 0.408 e. The number of rotatable bonds is 7. The van der Waals surface area contributed by atoms with Crippen molar-refractivity contribution in [2.75, 3.05) is 12.4 Å². The Morgan fingerprint density at radius 2 is 1.47 bits per heavy atom. The van der Waals surface area contributed by atoms with E-state index in [0.29, 0.717) is 11.3 Å². The fourth-order valence-electron chi connectivity index (χ4n) is 3.63. The normalized spacial score (nSPS) is 13.1. The van der Waals surface area contributed by atoms with Crippen LogP contribution < -0.4 is 10.6 Å². The number of benzene rings is 2. The van der Waals surface area contributed by atoms with Crippen molar-refractivity contribution in [1.82, 2.24) is 10.2 Å². The van der Waals surface area contributed by atoms with E-state index in [0.717, 1.165) is 11.1 Å². The minimum Gasteiger partial charge on any atom is -0.444 e. The molecule has 7 heteroatoms. The van der Waals surface area contributed by atoms with Crippen molar-refractivity contribution in [3.05, 3.63) is 65.2 Å². The molecule has 0 saturated carbocycles. The highest BCUT2D eigenvalue weighted by molar-refractivity contribution is 5.99. The van der Waals surface area contributed by atoms with Gasteiger partial charge in [0.15, 0.2) is 0 Å². The first-order valence-electron chi connectivity index (χ1n) is 11.5. The molecule has 2 rings (SSSR count). The summed E-state index contributed by atoms with van der Waals surface area (Å²) in [5, 5.41) is 5.66. The van der Waals surface area contributed by atoms with Gasteiger partial charge in [-0.2, -0.15) is 0 Å². The van der Waals surface area contributed by atoms with Crippen LogP contribution in [-0.4, -0.2) is 41.5 Å². The molecule has 0 fully saturated rings. The van der Waals surface area contributed by atoms with Crippen molar-refractivity contribution in [3.8, 4) is 0 Å². The average molecular weight is 468 g/mol. The summed E-state index contributed by atoms with van der Waals surface area (Å²) in [5.74, 6) is -0.937. The van der Waals surface area contributed by atoms with Crippen molar-refractivity contribution < 1.29 is 19.1 Å². The third-order valence-corrected chi connectivity index (χ3v) is 5.47. The first kappa shape index (κ1) is 26.9. The lowest BCUT2D eigenvalue weighted by atomic mass is 9.96. The molecule has 0 aliphatic carbocycles. The zero-order valence-corrected chi connectivity index (χ0v) is 21.4. The molecule has 0 radical (unpaired) electrons. The number of hydrogen-bond acceptors (Lipinski definition) is 4. The van der Waals surface area contributed by atoms with Gasteiger partial charge in [0.2, 0.25) is 5.91 Å². The molecule has 2 unspecified atom stereocenters. The molecule has 0 heterocycles. The van der Waals surface area contributed by atoms with Crippen LogP contribution in [0.5, 0.6) is 0 Å². The second kappa shape index (κ2) is 11.2. The number of ether oxygens (including phenoxy) is 1. The SMILES string of the molecule is Cc1ccccc1NC(=O)C(c1ccccc1C)N(C)C(=O)C(NC(=O)OC(C)(C)C)C(C)C. The molecule has 2 aromatic rings. The number of amides is 3. The first-order chi connectivity index (χ1) is 15.8. The molecule has 7 nitrogen and oxygen atoms in total. The van der Waals surface area contributed by atoms with Crippen LogP contribution in [-0.2, 0) is 14.3 Å². The Hall–Kier alpha value is -3.35. The number of alkyl carbamates (subject to hydrolysis) is 1. The summed E-state index contributed by atoms with van der Waals surface area (Å²) in [7, 11) is 1.59. The largest absolute Gasteiger partial charge is 0.444 e. The van der Waals surface area contributed by atoms with Crippen molar-refractivity contribution in [3.63, 3.8) is 0 Å². The number of anilines is 1. The highest BCUT2D eigenvalue weighted by Gasteiger charge is 2.36. The third-order valence-electron chi connectivity index (χ3n) is 5.47. The van der Waals surface area contributed by atoms with Gasteiger partial charge < -0.3 is 20.3 Å². The highest BCUT2D eigenvalue weighted by atomic mass is 16.6. The van der Waals surface area contributed by atoms with Gasteiger partial charge in [-0.3, -0.25) is 9.59 Å². The van der Waals surface area contributed by atoms with Crippen LogP contribution in [0.4, 0.5) is 10.5 Å². The van der Waals surface area contributed by atoms with Gasteiger partial charge in [0, 0.05) is 12.7 Å². The summed E-state index contributed by atoms with van der Waals surface area (Å²) < 4.78 is 5.35. The van der Waals surface area contributed by atoms with Crippen LogP contribution in [0.25, 0.3) is 0 Å². The molecule has 2 aromatic carbocycles. The molecule has 184 valence electrons. The number of likely N-dealkylation sites (N-methyl/N-ethyl adjacent to an activating group) is 1. The lowest BCUT2D eigenvalue weighted by Crippen LogP contribution is -2.53. The van der Waals surface area contributed by atoms with Crippen LogP contribution in [0.3, 0.4) is 0 Å². The number of nitrogens with one attached hydrogen (secondary N) is 2. The third kappa shape index (κ3) is 7.07. The van der Waals surface area contributed by atoms with Crippen LogP contribution in [0.15, 0.2) is 48.5 Å². The predicted octanol–water partition coefficient (Wildman–Crippen LogP) is 4.99. The minimum absolute atomic E-state index is 0.223. The van der Waals surface area contributed by atoms with Gasteiger partial charge in [0.05, 0.1) is 0 Å². The minimum atomic E-state index is -0.894. The van der Waals surface area contributed by atoms with E-state index >= 15 is 0 Å². The summed E-state index contributed by atoms with van der Waals surface area (Å²) in [4.78, 5) is 41.0. The molecular weight excluding hydrogens is 430 g/mol. The van der Waals surface area contributed by atoms with Gasteiger partial charge in [-0.15, -0.1) is 0 Å². The molecule has 0 aromatic heterocycles. The van der Waals surface area contributed by atoms with Crippen LogP contribution in [0.2, 0.25) is 0 Å². The van der Waals surface area contributed by atoms with Gasteiger partial charge in [0.1, 0.15) is 17.7 Å². The van der Waals surface area contributed by atoms with Crippen LogP contribution in [0.1, 0.15) is 57.4 Å². The van der Waals surface area contributed by atoms with Gasteiger partial charge in [-0.05, 0) is 63.3 Å². The second-order valence-corrected chi connectivity index (χ2v) is 9.88. The second-order valence-electron chi connectivity index (χ2n) is 9.88. The molecular formula is C27H37N3O4. The summed E-state index contributed by atoms with van der Waals surface area (Å²) >= 11 is 0. The van der Waals surface area contributed by atoms with E-state index in [1.807, 2.05) is 76.2 Å². The Bertz CT molecular complexity index is 1030. The van der Waals surface area contributed by atoms with E-state index in [-0.39, 0.29) is 17.7 Å². The Balaban J connectivity index is 2.39. The number of nitrogens with zero attached hydrogens (tertiary/aromatic N) is 1. The lowest BCUT2D eigenvalue weighted by Gasteiger charge is -2.33. The summed E-state index contributed by atoms with van der Waals surface area (Å²) in [6.45, 7) is 12.8. The molecule has 0 saturated heterocycles. The van der Waals surface area contributed by atoms with E-state index < -0.39 is 23.8 Å². The maximum absolute atomic E-state index is 13.6. The molecule has 2 atom stereocenters. The maximum atomic E-state index is 13.6. The number of carbonyl (C=O) groups excluding carboxylic acids is 3. The predicted molar refractivity (Wildman–Crippen MR) is 134 cm³/mol. The molecule has 2 N–H and O–H groups in total. The zero-order chi connectivity index (χ0) is 25.6. The van der Waals surface area contributed by atoms with Gasteiger partial charge in [0.25, 0.3) is 5.91 Å². The van der Waals surface area contributed by atoms with Gasteiger partial charge >= 0.3 is 6.09 Å². The summed E-state index contributed by atoms with van der Waals surface area (Å²) in [6, 6.07) is 13.2. The molecule has 0 bridgehead atoms. The monoisotopic (exact) mass is 467 g/mol. The van der Waals surface area contributed by atoms with Crippen molar-refractivity contribution in [1.29, 1.82) is 0 Å². The Morgan fingerprint density at radius 1 is 0.912 bits per heavy atom. The highest BCUT2D eigenvalue weighted by Crippen LogP contribution is 2.27. The molecule has 34 heavy (non-hydrogen) atoms. The smallest absolute Gasteiger partial charge is 0.408 e. The fraction of sp³-hybridized carbons (Fsp3) is 0.444. The summed E-state index contributed by atoms with van der Waals surface area (Å²) in [5.41, 5.74) is 2.49. The van der Waals surface area contributed by atoms with E-state index in [2.05, 4.69) is 10.6 Å². The average Bonchev–Trinajstić information content (AvgIpc) is 2.73. The van der Waals surface area contributed by atoms with Crippen molar-refractivity contribution in [2.24, 2.45) is 5.92 Å². The topological polar surface area (TPSA) is 87.7 Å². The number of hydrogen-bond donors (Lipinski definition) is 2.